The number of carbonyl (C=O) groups is 1. The van der Waals surface area contributed by atoms with Crippen molar-refractivity contribution in [3.05, 3.63) is 57.8 Å². The van der Waals surface area contributed by atoms with Crippen LogP contribution in [0.4, 0.5) is 0 Å². The lowest BCUT2D eigenvalue weighted by Crippen LogP contribution is -1.97. The van der Waals surface area contributed by atoms with E-state index in [1.165, 1.54) is 0 Å². The van der Waals surface area contributed by atoms with Crippen molar-refractivity contribution in [3.63, 3.8) is 0 Å². The molecule has 2 heterocycles. The highest BCUT2D eigenvalue weighted by molar-refractivity contribution is 7.10. The standard InChI is InChI=1S/C17H14O4S/c1-19-14-6-5-11(9-16(14)20-2)15-10-12(17(18)21-15)8-13-4-3-7-22-13/h3-10H,1-2H3/b12-8+. The fraction of sp³-hybridized carbons (Fsp3) is 0.118. The molecule has 3 rings (SSSR count). The summed E-state index contributed by atoms with van der Waals surface area (Å²) in [7, 11) is 3.15. The summed E-state index contributed by atoms with van der Waals surface area (Å²) in [4.78, 5) is 13.0. The molecule has 0 spiro atoms. The summed E-state index contributed by atoms with van der Waals surface area (Å²) >= 11 is 1.57. The Labute approximate surface area is 132 Å². The molecule has 0 unspecified atom stereocenters. The molecular weight excluding hydrogens is 300 g/mol. The second-order valence-electron chi connectivity index (χ2n) is 4.58. The molecule has 0 atom stereocenters. The van der Waals surface area contributed by atoms with Crippen LogP contribution in [0.25, 0.3) is 11.8 Å². The number of cyclic esters (lactones) is 1. The number of carbonyl (C=O) groups excluding carboxylic acids is 1. The van der Waals surface area contributed by atoms with Crippen LogP contribution in [0, 0.1) is 0 Å². The first-order valence-corrected chi connectivity index (χ1v) is 7.50. The number of hydrogen-bond donors (Lipinski definition) is 0. The summed E-state index contributed by atoms with van der Waals surface area (Å²) in [6.45, 7) is 0. The van der Waals surface area contributed by atoms with Crippen LogP contribution < -0.4 is 9.47 Å². The first kappa shape index (κ1) is 14.4. The second kappa shape index (κ2) is 6.07. The quantitative estimate of drug-likeness (QED) is 0.637. The molecule has 112 valence electrons. The zero-order chi connectivity index (χ0) is 15.5. The number of benzene rings is 1. The normalized spacial score (nSPS) is 15.6. The molecule has 4 nitrogen and oxygen atoms in total. The maximum Gasteiger partial charge on any atom is 0.343 e. The fourth-order valence-electron chi connectivity index (χ4n) is 2.15. The van der Waals surface area contributed by atoms with Crippen LogP contribution in [0.2, 0.25) is 0 Å². The van der Waals surface area contributed by atoms with Gasteiger partial charge in [0.05, 0.1) is 19.8 Å². The van der Waals surface area contributed by atoms with Crippen molar-refractivity contribution in [1.29, 1.82) is 0 Å². The molecule has 0 saturated heterocycles. The van der Waals surface area contributed by atoms with Crippen molar-refractivity contribution in [1.82, 2.24) is 0 Å². The highest BCUT2D eigenvalue weighted by Crippen LogP contribution is 2.34. The molecule has 1 aliphatic rings. The van der Waals surface area contributed by atoms with Crippen molar-refractivity contribution in [3.8, 4) is 11.5 Å². The number of hydrogen-bond acceptors (Lipinski definition) is 5. The highest BCUT2D eigenvalue weighted by atomic mass is 32.1. The number of rotatable bonds is 4. The van der Waals surface area contributed by atoms with Gasteiger partial charge in [0, 0.05) is 10.4 Å². The minimum Gasteiger partial charge on any atom is -0.493 e. The maximum absolute atomic E-state index is 12.0. The van der Waals surface area contributed by atoms with Gasteiger partial charge in [0.2, 0.25) is 0 Å². The first-order chi connectivity index (χ1) is 10.7. The topological polar surface area (TPSA) is 44.8 Å². The van der Waals surface area contributed by atoms with Gasteiger partial charge in [0.1, 0.15) is 5.76 Å². The van der Waals surface area contributed by atoms with Gasteiger partial charge in [0.25, 0.3) is 0 Å². The average Bonchev–Trinajstić information content (AvgIpc) is 3.17. The van der Waals surface area contributed by atoms with Gasteiger partial charge in [-0.25, -0.2) is 4.79 Å². The fourth-order valence-corrected chi connectivity index (χ4v) is 2.81. The minimum absolute atomic E-state index is 0.349. The van der Waals surface area contributed by atoms with E-state index in [-0.39, 0.29) is 5.97 Å². The van der Waals surface area contributed by atoms with Crippen LogP contribution in [0.3, 0.4) is 0 Å². The zero-order valence-electron chi connectivity index (χ0n) is 12.2. The summed E-state index contributed by atoms with van der Waals surface area (Å²) in [6.07, 6.45) is 3.56. The van der Waals surface area contributed by atoms with Crippen molar-refractivity contribution in [2.45, 2.75) is 0 Å². The van der Waals surface area contributed by atoms with E-state index in [4.69, 9.17) is 14.2 Å². The van der Waals surface area contributed by atoms with Gasteiger partial charge in [-0.2, -0.15) is 0 Å². The zero-order valence-corrected chi connectivity index (χ0v) is 13.0. The third kappa shape index (κ3) is 2.76. The molecule has 0 bridgehead atoms. The van der Waals surface area contributed by atoms with Gasteiger partial charge < -0.3 is 14.2 Å². The number of esters is 1. The highest BCUT2D eigenvalue weighted by Gasteiger charge is 2.23. The summed E-state index contributed by atoms with van der Waals surface area (Å²) in [5.74, 6) is 1.38. The van der Waals surface area contributed by atoms with Gasteiger partial charge in [-0.05, 0) is 41.8 Å². The van der Waals surface area contributed by atoms with Crippen LogP contribution in [0.5, 0.6) is 11.5 Å². The molecule has 0 amide bonds. The number of methoxy groups -OCH3 is 2. The summed E-state index contributed by atoms with van der Waals surface area (Å²) in [6, 6.07) is 9.29. The maximum atomic E-state index is 12.0. The molecule has 22 heavy (non-hydrogen) atoms. The minimum atomic E-state index is -0.349. The molecule has 1 aromatic heterocycles. The molecule has 0 N–H and O–H groups in total. The first-order valence-electron chi connectivity index (χ1n) is 6.63. The van der Waals surface area contributed by atoms with Crippen LogP contribution in [0.1, 0.15) is 10.4 Å². The third-order valence-corrected chi connectivity index (χ3v) is 4.05. The van der Waals surface area contributed by atoms with Crippen LogP contribution in [-0.4, -0.2) is 20.2 Å². The number of thiophene rings is 1. The SMILES string of the molecule is COc1ccc(C2=C/C(=C\c3cccs3)C(=O)O2)cc1OC. The van der Waals surface area contributed by atoms with E-state index in [9.17, 15) is 4.79 Å². The van der Waals surface area contributed by atoms with E-state index in [1.54, 1.807) is 43.8 Å². The second-order valence-corrected chi connectivity index (χ2v) is 5.56. The van der Waals surface area contributed by atoms with E-state index < -0.39 is 0 Å². The Morgan fingerprint density at radius 2 is 1.95 bits per heavy atom. The average molecular weight is 314 g/mol. The van der Waals surface area contributed by atoms with Crippen molar-refractivity contribution in [2.24, 2.45) is 0 Å². The lowest BCUT2D eigenvalue weighted by molar-refractivity contribution is -0.130. The van der Waals surface area contributed by atoms with Gasteiger partial charge >= 0.3 is 5.97 Å². The van der Waals surface area contributed by atoms with E-state index in [0.29, 0.717) is 22.8 Å². The van der Waals surface area contributed by atoms with Gasteiger partial charge in [0.15, 0.2) is 11.5 Å². The Balaban J connectivity index is 1.94. The molecule has 1 aliphatic heterocycles. The Bertz CT molecular complexity index is 757. The largest absolute Gasteiger partial charge is 0.493 e. The van der Waals surface area contributed by atoms with Crippen molar-refractivity contribution in [2.75, 3.05) is 14.2 Å². The van der Waals surface area contributed by atoms with E-state index >= 15 is 0 Å². The third-order valence-electron chi connectivity index (χ3n) is 3.23. The van der Waals surface area contributed by atoms with E-state index in [0.717, 1.165) is 10.4 Å². The molecule has 1 aromatic carbocycles. The predicted octanol–water partition coefficient (Wildman–Crippen LogP) is 3.75. The molecule has 2 aromatic rings. The molecule has 0 radical (unpaired) electrons. The Kier molecular flexibility index (Phi) is 3.98. The van der Waals surface area contributed by atoms with Crippen LogP contribution in [0.15, 0.2) is 47.4 Å². The molecule has 0 aliphatic carbocycles. The van der Waals surface area contributed by atoms with Crippen LogP contribution in [-0.2, 0) is 9.53 Å². The smallest absolute Gasteiger partial charge is 0.343 e. The lowest BCUT2D eigenvalue weighted by atomic mass is 10.1. The van der Waals surface area contributed by atoms with Crippen molar-refractivity contribution < 1.29 is 19.0 Å². The molecule has 0 saturated carbocycles. The number of ether oxygens (including phenoxy) is 3. The van der Waals surface area contributed by atoms with Gasteiger partial charge in [-0.15, -0.1) is 11.3 Å². The van der Waals surface area contributed by atoms with Crippen molar-refractivity contribution >= 4 is 29.1 Å². The van der Waals surface area contributed by atoms with Gasteiger partial charge in [-0.1, -0.05) is 6.07 Å². The van der Waals surface area contributed by atoms with E-state index in [2.05, 4.69) is 0 Å². The van der Waals surface area contributed by atoms with E-state index in [1.807, 2.05) is 29.7 Å². The molecule has 5 heteroatoms. The summed E-state index contributed by atoms with van der Waals surface area (Å²) < 4.78 is 15.8. The predicted molar refractivity (Wildman–Crippen MR) is 85.9 cm³/mol. The Morgan fingerprint density at radius 3 is 2.64 bits per heavy atom. The monoisotopic (exact) mass is 314 g/mol. The summed E-state index contributed by atoms with van der Waals surface area (Å²) in [5.41, 5.74) is 1.30. The van der Waals surface area contributed by atoms with Gasteiger partial charge in [-0.3, -0.25) is 0 Å². The Morgan fingerprint density at radius 1 is 1.14 bits per heavy atom. The molecular formula is C17H14O4S. The summed E-state index contributed by atoms with van der Waals surface area (Å²) in [5, 5.41) is 1.96. The van der Waals surface area contributed by atoms with Crippen LogP contribution >= 0.6 is 11.3 Å². The lowest BCUT2D eigenvalue weighted by Gasteiger charge is -2.09. The molecule has 0 fully saturated rings. The Hall–Kier alpha value is -2.53.